The Morgan fingerprint density at radius 1 is 1.44 bits per heavy atom. The maximum atomic E-state index is 12.2. The molecule has 2 rings (SSSR count). The number of thiophene rings is 1. The number of ketones is 1. The molecule has 1 fully saturated rings. The highest BCUT2D eigenvalue weighted by molar-refractivity contribution is 9.10. The van der Waals surface area contributed by atoms with Crippen molar-refractivity contribution >= 4 is 33.0 Å². The van der Waals surface area contributed by atoms with E-state index >= 15 is 0 Å². The summed E-state index contributed by atoms with van der Waals surface area (Å²) in [5, 5.41) is 2.00. The third-order valence-electron chi connectivity index (χ3n) is 3.31. The van der Waals surface area contributed by atoms with Crippen LogP contribution in [0.1, 0.15) is 37.0 Å². The molecule has 88 valence electrons. The number of halogens is 1. The van der Waals surface area contributed by atoms with Gasteiger partial charge in [0.25, 0.3) is 0 Å². The quantitative estimate of drug-likeness (QED) is 0.931. The second-order valence-electron chi connectivity index (χ2n) is 4.51. The van der Waals surface area contributed by atoms with E-state index in [1.807, 2.05) is 11.4 Å². The number of nitrogens with two attached hydrogens (primary N) is 1. The number of Topliss-reactive ketones (excluding diaryl/α,β-unsaturated/α-hetero) is 1. The average molecular weight is 302 g/mol. The van der Waals surface area contributed by atoms with Crippen LogP contribution in [0, 0.1) is 0 Å². The number of rotatable bonds is 3. The van der Waals surface area contributed by atoms with Crippen LogP contribution < -0.4 is 5.73 Å². The van der Waals surface area contributed by atoms with Gasteiger partial charge in [0.1, 0.15) is 0 Å². The highest BCUT2D eigenvalue weighted by Gasteiger charge is 2.35. The Labute approximate surface area is 108 Å². The smallest absolute Gasteiger partial charge is 0.157 e. The van der Waals surface area contributed by atoms with Crippen molar-refractivity contribution in [2.75, 3.05) is 0 Å². The van der Waals surface area contributed by atoms with Gasteiger partial charge in [-0.05, 0) is 40.2 Å². The number of carbonyl (C=O) groups excluding carboxylic acids is 1. The third kappa shape index (κ3) is 2.55. The fraction of sp³-hybridized carbons (Fsp3) is 0.583. The standard InChI is InChI=1S/C12H16BrNOS/c13-9-4-7-16-10(9)8-11(15)12(14)5-2-1-3-6-12/h4,7H,1-3,5-6,8,14H2. The summed E-state index contributed by atoms with van der Waals surface area (Å²) in [6, 6.07) is 1.98. The fourth-order valence-electron chi connectivity index (χ4n) is 2.23. The third-order valence-corrected chi connectivity index (χ3v) is 5.24. The highest BCUT2D eigenvalue weighted by Crippen LogP contribution is 2.30. The van der Waals surface area contributed by atoms with Crippen LogP contribution in [0.5, 0.6) is 0 Å². The summed E-state index contributed by atoms with van der Waals surface area (Å²) < 4.78 is 1.03. The molecule has 1 aliphatic rings. The Morgan fingerprint density at radius 2 is 2.12 bits per heavy atom. The molecule has 1 heterocycles. The Bertz CT molecular complexity index is 382. The van der Waals surface area contributed by atoms with E-state index in [1.165, 1.54) is 6.42 Å². The van der Waals surface area contributed by atoms with Gasteiger partial charge in [-0.25, -0.2) is 0 Å². The van der Waals surface area contributed by atoms with Crippen LogP contribution >= 0.6 is 27.3 Å². The van der Waals surface area contributed by atoms with Crippen LogP contribution in [-0.4, -0.2) is 11.3 Å². The fourth-order valence-corrected chi connectivity index (χ4v) is 3.73. The first-order valence-electron chi connectivity index (χ1n) is 5.66. The summed E-state index contributed by atoms with van der Waals surface area (Å²) in [5.74, 6) is 0.204. The monoisotopic (exact) mass is 301 g/mol. The van der Waals surface area contributed by atoms with Crippen molar-refractivity contribution in [3.63, 3.8) is 0 Å². The Morgan fingerprint density at radius 3 is 2.69 bits per heavy atom. The van der Waals surface area contributed by atoms with E-state index in [1.54, 1.807) is 11.3 Å². The minimum atomic E-state index is -0.554. The van der Waals surface area contributed by atoms with Gasteiger partial charge in [0.2, 0.25) is 0 Å². The molecule has 16 heavy (non-hydrogen) atoms. The van der Waals surface area contributed by atoms with E-state index in [0.717, 1.165) is 35.0 Å². The van der Waals surface area contributed by atoms with Crippen molar-refractivity contribution in [3.05, 3.63) is 20.8 Å². The molecule has 2 N–H and O–H groups in total. The van der Waals surface area contributed by atoms with Crippen molar-refractivity contribution in [2.45, 2.75) is 44.1 Å². The van der Waals surface area contributed by atoms with Gasteiger partial charge in [-0.1, -0.05) is 19.3 Å². The SMILES string of the molecule is NC1(C(=O)Cc2sccc2Br)CCCCC1. The molecule has 2 nitrogen and oxygen atoms in total. The lowest BCUT2D eigenvalue weighted by atomic mass is 9.78. The molecule has 1 aromatic heterocycles. The van der Waals surface area contributed by atoms with Gasteiger partial charge in [0, 0.05) is 15.8 Å². The van der Waals surface area contributed by atoms with Crippen molar-refractivity contribution in [1.82, 2.24) is 0 Å². The van der Waals surface area contributed by atoms with Gasteiger partial charge in [-0.15, -0.1) is 11.3 Å². The molecule has 0 aromatic carbocycles. The van der Waals surface area contributed by atoms with Crippen LogP contribution in [0.3, 0.4) is 0 Å². The molecule has 1 saturated carbocycles. The molecule has 0 radical (unpaired) electrons. The molecule has 1 aliphatic carbocycles. The first kappa shape index (κ1) is 12.3. The number of carbonyl (C=O) groups is 1. The molecule has 0 atom stereocenters. The lowest BCUT2D eigenvalue weighted by molar-refractivity contribution is -0.124. The van der Waals surface area contributed by atoms with Crippen molar-refractivity contribution in [3.8, 4) is 0 Å². The Kier molecular flexibility index (Phi) is 3.82. The molecule has 0 unspecified atom stereocenters. The summed E-state index contributed by atoms with van der Waals surface area (Å²) in [7, 11) is 0. The van der Waals surface area contributed by atoms with Crippen LogP contribution in [0.4, 0.5) is 0 Å². The molecular weight excluding hydrogens is 286 g/mol. The Hall–Kier alpha value is -0.190. The van der Waals surface area contributed by atoms with Crippen molar-refractivity contribution in [1.29, 1.82) is 0 Å². The van der Waals surface area contributed by atoms with E-state index in [9.17, 15) is 4.79 Å². The summed E-state index contributed by atoms with van der Waals surface area (Å²) in [6.07, 6.45) is 5.59. The molecule has 0 saturated heterocycles. The van der Waals surface area contributed by atoms with Gasteiger partial charge in [0.05, 0.1) is 5.54 Å². The van der Waals surface area contributed by atoms with Gasteiger partial charge < -0.3 is 5.73 Å². The minimum absolute atomic E-state index is 0.204. The maximum Gasteiger partial charge on any atom is 0.157 e. The van der Waals surface area contributed by atoms with Crippen LogP contribution in [0.15, 0.2) is 15.9 Å². The average Bonchev–Trinajstić information content (AvgIpc) is 2.65. The Balaban J connectivity index is 2.05. The van der Waals surface area contributed by atoms with Crippen LogP contribution in [0.2, 0.25) is 0 Å². The van der Waals surface area contributed by atoms with Gasteiger partial charge in [0.15, 0.2) is 5.78 Å². The van der Waals surface area contributed by atoms with E-state index in [-0.39, 0.29) is 5.78 Å². The summed E-state index contributed by atoms with van der Waals surface area (Å²) in [6.45, 7) is 0. The van der Waals surface area contributed by atoms with Crippen LogP contribution in [0.25, 0.3) is 0 Å². The second-order valence-corrected chi connectivity index (χ2v) is 6.36. The van der Waals surface area contributed by atoms with Gasteiger partial charge in [-0.2, -0.15) is 0 Å². The molecular formula is C12H16BrNOS. The molecule has 1 aromatic rings. The lowest BCUT2D eigenvalue weighted by Gasteiger charge is -2.31. The highest BCUT2D eigenvalue weighted by atomic mass is 79.9. The molecule has 0 aliphatic heterocycles. The largest absolute Gasteiger partial charge is 0.319 e. The zero-order valence-corrected chi connectivity index (χ0v) is 11.6. The van der Waals surface area contributed by atoms with E-state index in [0.29, 0.717) is 6.42 Å². The van der Waals surface area contributed by atoms with Crippen LogP contribution in [-0.2, 0) is 11.2 Å². The van der Waals surface area contributed by atoms with E-state index in [4.69, 9.17) is 5.73 Å². The van der Waals surface area contributed by atoms with Gasteiger partial charge in [-0.3, -0.25) is 4.79 Å². The minimum Gasteiger partial charge on any atom is -0.319 e. The second kappa shape index (κ2) is 4.98. The first-order chi connectivity index (χ1) is 7.62. The van der Waals surface area contributed by atoms with E-state index in [2.05, 4.69) is 15.9 Å². The topological polar surface area (TPSA) is 43.1 Å². The zero-order valence-electron chi connectivity index (χ0n) is 9.17. The van der Waals surface area contributed by atoms with E-state index < -0.39 is 5.54 Å². The predicted octanol–water partition coefficient (Wildman–Crippen LogP) is 3.28. The molecule has 4 heteroatoms. The van der Waals surface area contributed by atoms with Gasteiger partial charge >= 0.3 is 0 Å². The summed E-state index contributed by atoms with van der Waals surface area (Å²) in [5.41, 5.74) is 5.66. The lowest BCUT2D eigenvalue weighted by Crippen LogP contribution is -2.50. The molecule has 0 amide bonds. The summed E-state index contributed by atoms with van der Waals surface area (Å²) in [4.78, 5) is 13.3. The molecule has 0 bridgehead atoms. The molecule has 0 spiro atoms. The predicted molar refractivity (Wildman–Crippen MR) is 70.7 cm³/mol. The zero-order chi connectivity index (χ0) is 11.6. The van der Waals surface area contributed by atoms with Crippen molar-refractivity contribution in [2.24, 2.45) is 5.73 Å². The van der Waals surface area contributed by atoms with Crippen molar-refractivity contribution < 1.29 is 4.79 Å². The number of hydrogen-bond donors (Lipinski definition) is 1. The number of hydrogen-bond acceptors (Lipinski definition) is 3. The normalized spacial score (nSPS) is 19.6. The first-order valence-corrected chi connectivity index (χ1v) is 7.33. The maximum absolute atomic E-state index is 12.2. The summed E-state index contributed by atoms with van der Waals surface area (Å²) >= 11 is 5.07.